The van der Waals surface area contributed by atoms with E-state index < -0.39 is 5.69 Å². The number of amides is 1. The maximum atomic E-state index is 12.4. The first kappa shape index (κ1) is 16.1. The van der Waals surface area contributed by atoms with E-state index in [4.69, 9.17) is 0 Å². The van der Waals surface area contributed by atoms with Crippen LogP contribution in [0.1, 0.15) is 17.3 Å². The molecule has 0 aromatic carbocycles. The second-order valence-electron chi connectivity index (χ2n) is 5.24. The number of aromatic nitrogens is 3. The fraction of sp³-hybridized carbons (Fsp3) is 0.176. The molecule has 0 bridgehead atoms. The molecule has 3 aromatic rings. The van der Waals surface area contributed by atoms with E-state index in [2.05, 4.69) is 15.3 Å². The third-order valence-electron chi connectivity index (χ3n) is 3.50. The van der Waals surface area contributed by atoms with Gasteiger partial charge < -0.3 is 5.32 Å². The lowest BCUT2D eigenvalue weighted by atomic mass is 10.1. The summed E-state index contributed by atoms with van der Waals surface area (Å²) in [6.07, 6.45) is 5.30. The summed E-state index contributed by atoms with van der Waals surface area (Å²) in [6.45, 7) is -0.0698. The molecule has 0 aliphatic carbocycles. The topological polar surface area (TPSA) is 76.9 Å². The number of hydrogen-bond donors (Lipinski definition) is 1. The number of pyridine rings is 1. The van der Waals surface area contributed by atoms with E-state index in [0.717, 1.165) is 11.3 Å². The van der Waals surface area contributed by atoms with Gasteiger partial charge in [0.15, 0.2) is 0 Å². The first-order valence-corrected chi connectivity index (χ1v) is 8.39. The van der Waals surface area contributed by atoms with Crippen LogP contribution in [0.3, 0.4) is 0 Å². The molecule has 1 amide bonds. The van der Waals surface area contributed by atoms with Gasteiger partial charge in [0.25, 0.3) is 0 Å². The highest BCUT2D eigenvalue weighted by Gasteiger charge is 2.17. The van der Waals surface area contributed by atoms with Crippen molar-refractivity contribution in [1.29, 1.82) is 0 Å². The van der Waals surface area contributed by atoms with Crippen LogP contribution >= 0.6 is 11.3 Å². The molecule has 0 saturated heterocycles. The molecule has 1 N–H and O–H groups in total. The fourth-order valence-electron chi connectivity index (χ4n) is 2.36. The van der Waals surface area contributed by atoms with Crippen LogP contribution < -0.4 is 11.0 Å². The van der Waals surface area contributed by atoms with Crippen LogP contribution in [0.2, 0.25) is 0 Å². The summed E-state index contributed by atoms with van der Waals surface area (Å²) in [5.41, 5.74) is 1.48. The number of thiophene rings is 1. The van der Waals surface area contributed by atoms with Crippen molar-refractivity contribution in [2.75, 3.05) is 0 Å². The van der Waals surface area contributed by atoms with Gasteiger partial charge in [0.05, 0.1) is 11.7 Å². The molecule has 1 atom stereocenters. The lowest BCUT2D eigenvalue weighted by Crippen LogP contribution is -2.36. The average Bonchev–Trinajstić information content (AvgIpc) is 3.10. The molecule has 0 radical (unpaired) electrons. The van der Waals surface area contributed by atoms with Crippen molar-refractivity contribution in [3.05, 3.63) is 81.4 Å². The van der Waals surface area contributed by atoms with Crippen LogP contribution in [0.15, 0.2) is 64.5 Å². The Labute approximate surface area is 142 Å². The molecule has 122 valence electrons. The summed E-state index contributed by atoms with van der Waals surface area (Å²) in [5, 5.41) is 7.01. The summed E-state index contributed by atoms with van der Waals surface area (Å²) >= 11 is 1.61. The number of hydrogen-bond acceptors (Lipinski definition) is 5. The van der Waals surface area contributed by atoms with Crippen LogP contribution in [0.25, 0.3) is 0 Å². The monoisotopic (exact) mass is 340 g/mol. The van der Waals surface area contributed by atoms with Gasteiger partial charge in [-0.2, -0.15) is 11.3 Å². The predicted molar refractivity (Wildman–Crippen MR) is 91.6 cm³/mol. The molecule has 0 spiro atoms. The molecule has 3 heterocycles. The molecule has 7 heteroatoms. The Morgan fingerprint density at radius 1 is 1.21 bits per heavy atom. The molecular weight excluding hydrogens is 324 g/mol. The van der Waals surface area contributed by atoms with Crippen molar-refractivity contribution in [2.45, 2.75) is 19.0 Å². The summed E-state index contributed by atoms with van der Waals surface area (Å²) in [6, 6.07) is 9.01. The van der Waals surface area contributed by atoms with E-state index in [-0.39, 0.29) is 18.5 Å². The van der Waals surface area contributed by atoms with E-state index >= 15 is 0 Å². The molecule has 1 unspecified atom stereocenters. The third kappa shape index (κ3) is 4.14. The van der Waals surface area contributed by atoms with Gasteiger partial charge in [-0.25, -0.2) is 9.78 Å². The Balaban J connectivity index is 1.75. The largest absolute Gasteiger partial charge is 0.347 e. The molecule has 3 rings (SSSR count). The third-order valence-corrected chi connectivity index (χ3v) is 4.23. The number of rotatable bonds is 6. The Morgan fingerprint density at radius 2 is 2.08 bits per heavy atom. The van der Waals surface area contributed by atoms with E-state index in [1.807, 2.05) is 35.0 Å². The minimum atomic E-state index is -0.445. The smallest absolute Gasteiger partial charge is 0.346 e. The average molecular weight is 340 g/mol. The Kier molecular flexibility index (Phi) is 5.12. The zero-order valence-electron chi connectivity index (χ0n) is 12.8. The highest BCUT2D eigenvalue weighted by Crippen LogP contribution is 2.18. The van der Waals surface area contributed by atoms with Crippen LogP contribution in [0.4, 0.5) is 0 Å². The van der Waals surface area contributed by atoms with Crippen molar-refractivity contribution in [3.8, 4) is 0 Å². The first-order valence-electron chi connectivity index (χ1n) is 7.45. The van der Waals surface area contributed by atoms with Gasteiger partial charge in [-0.05, 0) is 47.0 Å². The zero-order chi connectivity index (χ0) is 16.8. The Hall–Kier alpha value is -2.80. The number of carbonyl (C=O) groups is 1. The van der Waals surface area contributed by atoms with E-state index in [1.54, 1.807) is 29.8 Å². The van der Waals surface area contributed by atoms with Crippen LogP contribution in [-0.4, -0.2) is 20.4 Å². The number of carbonyl (C=O) groups excluding carboxylic acids is 1. The quantitative estimate of drug-likeness (QED) is 0.742. The van der Waals surface area contributed by atoms with Gasteiger partial charge in [-0.1, -0.05) is 6.07 Å². The standard InChI is InChI=1S/C17H16N4O2S/c22-16(11-21-8-3-7-19-17(21)23)20-15(10-13-5-9-24-12-13)14-4-1-2-6-18-14/h1-9,12,15H,10-11H2,(H,20,22). The maximum Gasteiger partial charge on any atom is 0.347 e. The highest BCUT2D eigenvalue weighted by molar-refractivity contribution is 7.07. The van der Waals surface area contributed by atoms with Crippen molar-refractivity contribution in [2.24, 2.45) is 0 Å². The van der Waals surface area contributed by atoms with Crippen molar-refractivity contribution in [3.63, 3.8) is 0 Å². The molecule has 0 aliphatic heterocycles. The first-order chi connectivity index (χ1) is 11.7. The molecular formula is C17H16N4O2S. The molecule has 3 aromatic heterocycles. The lowest BCUT2D eigenvalue weighted by molar-refractivity contribution is -0.122. The zero-order valence-corrected chi connectivity index (χ0v) is 13.6. The van der Waals surface area contributed by atoms with Gasteiger partial charge >= 0.3 is 5.69 Å². The normalized spacial score (nSPS) is 11.8. The van der Waals surface area contributed by atoms with E-state index in [1.165, 1.54) is 10.8 Å². The van der Waals surface area contributed by atoms with Crippen LogP contribution in [0, 0.1) is 0 Å². The van der Waals surface area contributed by atoms with Gasteiger partial charge in [0, 0.05) is 18.6 Å². The molecule has 0 fully saturated rings. The van der Waals surface area contributed by atoms with Gasteiger partial charge in [0.1, 0.15) is 6.54 Å². The predicted octanol–water partition coefficient (Wildman–Crippen LogP) is 1.80. The minimum absolute atomic E-state index is 0.0698. The van der Waals surface area contributed by atoms with Gasteiger partial charge in [-0.15, -0.1) is 0 Å². The van der Waals surface area contributed by atoms with E-state index in [9.17, 15) is 9.59 Å². The van der Waals surface area contributed by atoms with Crippen molar-refractivity contribution >= 4 is 17.2 Å². The fourth-order valence-corrected chi connectivity index (χ4v) is 3.04. The molecule has 6 nitrogen and oxygen atoms in total. The lowest BCUT2D eigenvalue weighted by Gasteiger charge is -2.18. The molecule has 24 heavy (non-hydrogen) atoms. The molecule has 0 saturated carbocycles. The summed E-state index contributed by atoms with van der Waals surface area (Å²) < 4.78 is 1.27. The second kappa shape index (κ2) is 7.65. The van der Waals surface area contributed by atoms with Gasteiger partial charge in [0.2, 0.25) is 5.91 Å². The van der Waals surface area contributed by atoms with Crippen LogP contribution in [0.5, 0.6) is 0 Å². The number of nitrogens with zero attached hydrogens (tertiary/aromatic N) is 3. The summed E-state index contributed by atoms with van der Waals surface area (Å²) in [5.74, 6) is -0.254. The highest BCUT2D eigenvalue weighted by atomic mass is 32.1. The van der Waals surface area contributed by atoms with Crippen LogP contribution in [-0.2, 0) is 17.8 Å². The molecule has 0 aliphatic rings. The summed E-state index contributed by atoms with van der Waals surface area (Å²) in [7, 11) is 0. The van der Waals surface area contributed by atoms with E-state index in [0.29, 0.717) is 6.42 Å². The van der Waals surface area contributed by atoms with Crippen molar-refractivity contribution in [1.82, 2.24) is 19.9 Å². The van der Waals surface area contributed by atoms with Crippen molar-refractivity contribution < 1.29 is 4.79 Å². The maximum absolute atomic E-state index is 12.4. The second-order valence-corrected chi connectivity index (χ2v) is 6.02. The SMILES string of the molecule is O=C(Cn1cccnc1=O)NC(Cc1ccsc1)c1ccccn1. The minimum Gasteiger partial charge on any atom is -0.346 e. The van der Waals surface area contributed by atoms with Gasteiger partial charge in [-0.3, -0.25) is 14.3 Å². The Bertz CT molecular complexity index is 846. The Morgan fingerprint density at radius 3 is 2.79 bits per heavy atom. The number of nitrogens with one attached hydrogen (secondary N) is 1. The summed E-state index contributed by atoms with van der Waals surface area (Å²) in [4.78, 5) is 32.0.